The Hall–Kier alpha value is -0.570. The van der Waals surface area contributed by atoms with E-state index >= 15 is 0 Å². The maximum Gasteiger partial charge on any atom is 0.0470 e. The van der Waals surface area contributed by atoms with Crippen molar-refractivity contribution in [2.45, 2.75) is 39.2 Å². The Morgan fingerprint density at radius 2 is 1.89 bits per heavy atom. The van der Waals surface area contributed by atoms with Gasteiger partial charge in [0.05, 0.1) is 0 Å². The van der Waals surface area contributed by atoms with Gasteiger partial charge in [-0.3, -0.25) is 4.90 Å². The highest BCUT2D eigenvalue weighted by atomic mass is 35.5. The van der Waals surface area contributed by atoms with Gasteiger partial charge < -0.3 is 5.73 Å². The van der Waals surface area contributed by atoms with E-state index in [1.807, 2.05) is 12.1 Å². The molecular weight excluding hydrogens is 256 g/mol. The normalized spacial score (nSPS) is 20.6. The molecule has 2 rings (SSSR count). The van der Waals surface area contributed by atoms with Gasteiger partial charge in [0.2, 0.25) is 0 Å². The second kappa shape index (κ2) is 6.25. The number of halogens is 1. The Balaban J connectivity index is 2.13. The molecule has 1 aromatic carbocycles. The van der Waals surface area contributed by atoms with Gasteiger partial charge >= 0.3 is 0 Å². The molecule has 2 nitrogen and oxygen atoms in total. The van der Waals surface area contributed by atoms with Crippen LogP contribution in [0.1, 0.15) is 44.7 Å². The van der Waals surface area contributed by atoms with E-state index in [1.54, 1.807) is 0 Å². The van der Waals surface area contributed by atoms with Crippen LogP contribution in [0.5, 0.6) is 0 Å². The van der Waals surface area contributed by atoms with Crippen molar-refractivity contribution in [1.82, 2.24) is 4.90 Å². The van der Waals surface area contributed by atoms with E-state index in [9.17, 15) is 0 Å². The lowest BCUT2D eigenvalue weighted by molar-refractivity contribution is 0.197. The van der Waals surface area contributed by atoms with Crippen LogP contribution in [0.4, 0.5) is 0 Å². The van der Waals surface area contributed by atoms with Gasteiger partial charge in [-0.15, -0.1) is 0 Å². The Kier molecular flexibility index (Phi) is 4.88. The molecule has 1 fully saturated rings. The van der Waals surface area contributed by atoms with Gasteiger partial charge in [0, 0.05) is 24.2 Å². The maximum absolute atomic E-state index is 6.02. The summed E-state index contributed by atoms with van der Waals surface area (Å²) in [4.78, 5) is 2.55. The Morgan fingerprint density at radius 1 is 1.26 bits per heavy atom. The van der Waals surface area contributed by atoms with Gasteiger partial charge in [0.1, 0.15) is 0 Å². The largest absolute Gasteiger partial charge is 0.329 e. The number of likely N-dealkylation sites (tertiary alicyclic amines) is 1. The Bertz CT molecular complexity index is 398. The first-order chi connectivity index (χ1) is 9.14. The van der Waals surface area contributed by atoms with Crippen molar-refractivity contribution < 1.29 is 0 Å². The number of nitrogens with two attached hydrogens (primary N) is 1. The molecule has 1 unspecified atom stereocenters. The molecule has 0 aromatic heterocycles. The first-order valence-electron chi connectivity index (χ1n) is 7.33. The lowest BCUT2D eigenvalue weighted by atomic mass is 9.82. The number of rotatable bonds is 5. The molecule has 0 bridgehead atoms. The molecule has 3 heteroatoms. The molecule has 0 saturated carbocycles. The Labute approximate surface area is 121 Å². The zero-order valence-corrected chi connectivity index (χ0v) is 12.8. The third-order valence-corrected chi connectivity index (χ3v) is 5.14. The van der Waals surface area contributed by atoms with Crippen LogP contribution >= 0.6 is 11.6 Å². The predicted molar refractivity (Wildman–Crippen MR) is 82.5 cm³/mol. The van der Waals surface area contributed by atoms with Gasteiger partial charge in [-0.2, -0.15) is 0 Å². The minimum Gasteiger partial charge on any atom is -0.329 e. The zero-order chi connectivity index (χ0) is 13.9. The molecule has 1 aliphatic rings. The molecule has 2 N–H and O–H groups in total. The van der Waals surface area contributed by atoms with E-state index in [0.717, 1.165) is 11.6 Å². The van der Waals surface area contributed by atoms with Crippen molar-refractivity contribution >= 4 is 11.6 Å². The van der Waals surface area contributed by atoms with Gasteiger partial charge in [-0.05, 0) is 48.9 Å². The fourth-order valence-corrected chi connectivity index (χ4v) is 3.37. The summed E-state index contributed by atoms with van der Waals surface area (Å²) in [5.74, 6) is 0. The Morgan fingerprint density at radius 3 is 2.37 bits per heavy atom. The van der Waals surface area contributed by atoms with Crippen LogP contribution in [-0.4, -0.2) is 24.5 Å². The predicted octanol–water partition coefficient (Wildman–Crippen LogP) is 3.85. The minimum atomic E-state index is 0.331. The van der Waals surface area contributed by atoms with Crippen molar-refractivity contribution in [3.05, 3.63) is 34.9 Å². The SMILES string of the molecule is CCC1(CC)CCN(C(CN)c2ccc(Cl)cc2)C1. The fourth-order valence-electron chi connectivity index (χ4n) is 3.24. The lowest BCUT2D eigenvalue weighted by Crippen LogP contribution is -2.34. The minimum absolute atomic E-state index is 0.331. The monoisotopic (exact) mass is 280 g/mol. The highest BCUT2D eigenvalue weighted by Crippen LogP contribution is 2.40. The maximum atomic E-state index is 6.02. The molecule has 0 amide bonds. The van der Waals surface area contributed by atoms with Crippen LogP contribution in [0.2, 0.25) is 5.02 Å². The summed E-state index contributed by atoms with van der Waals surface area (Å²) in [6.45, 7) is 7.63. The van der Waals surface area contributed by atoms with Crippen LogP contribution in [0.15, 0.2) is 24.3 Å². The van der Waals surface area contributed by atoms with Crippen LogP contribution in [0.3, 0.4) is 0 Å². The topological polar surface area (TPSA) is 29.3 Å². The molecule has 0 spiro atoms. The summed E-state index contributed by atoms with van der Waals surface area (Å²) in [5, 5.41) is 0.789. The summed E-state index contributed by atoms with van der Waals surface area (Å²) < 4.78 is 0. The van der Waals surface area contributed by atoms with Crippen LogP contribution in [0, 0.1) is 5.41 Å². The van der Waals surface area contributed by atoms with E-state index in [1.165, 1.54) is 31.4 Å². The van der Waals surface area contributed by atoms with Gasteiger partial charge in [0.25, 0.3) is 0 Å². The van der Waals surface area contributed by atoms with E-state index in [0.29, 0.717) is 18.0 Å². The van der Waals surface area contributed by atoms with Crippen molar-refractivity contribution in [2.75, 3.05) is 19.6 Å². The molecule has 0 aliphatic carbocycles. The zero-order valence-electron chi connectivity index (χ0n) is 12.0. The van der Waals surface area contributed by atoms with Crippen molar-refractivity contribution in [2.24, 2.45) is 11.1 Å². The summed E-state index contributed by atoms with van der Waals surface area (Å²) in [7, 11) is 0. The first kappa shape index (κ1) is 14.8. The van der Waals surface area contributed by atoms with Gasteiger partial charge in [-0.1, -0.05) is 37.6 Å². The van der Waals surface area contributed by atoms with E-state index in [-0.39, 0.29) is 0 Å². The molecule has 0 radical (unpaired) electrons. The average Bonchev–Trinajstić information content (AvgIpc) is 2.87. The van der Waals surface area contributed by atoms with Crippen LogP contribution < -0.4 is 5.73 Å². The molecule has 1 heterocycles. The standard InChI is InChI=1S/C16H25ClN2/c1-3-16(4-2)9-10-19(12-16)15(11-18)13-5-7-14(17)8-6-13/h5-8,15H,3-4,9-12,18H2,1-2H3. The summed E-state index contributed by atoms with van der Waals surface area (Å²) in [5.41, 5.74) is 7.81. The fraction of sp³-hybridized carbons (Fsp3) is 0.625. The molecule has 19 heavy (non-hydrogen) atoms. The average molecular weight is 281 g/mol. The number of benzene rings is 1. The van der Waals surface area contributed by atoms with Crippen LogP contribution in [0.25, 0.3) is 0 Å². The molecular formula is C16H25ClN2. The second-order valence-electron chi connectivity index (χ2n) is 5.73. The van der Waals surface area contributed by atoms with Gasteiger partial charge in [0.15, 0.2) is 0 Å². The smallest absolute Gasteiger partial charge is 0.0470 e. The molecule has 1 atom stereocenters. The van der Waals surface area contributed by atoms with E-state index < -0.39 is 0 Å². The second-order valence-corrected chi connectivity index (χ2v) is 6.17. The van der Waals surface area contributed by atoms with Crippen molar-refractivity contribution in [1.29, 1.82) is 0 Å². The molecule has 106 valence electrons. The molecule has 1 saturated heterocycles. The number of nitrogens with zero attached hydrogens (tertiary/aromatic N) is 1. The highest BCUT2D eigenvalue weighted by Gasteiger charge is 2.37. The van der Waals surface area contributed by atoms with Gasteiger partial charge in [-0.25, -0.2) is 0 Å². The van der Waals surface area contributed by atoms with Crippen molar-refractivity contribution in [3.8, 4) is 0 Å². The van der Waals surface area contributed by atoms with Crippen molar-refractivity contribution in [3.63, 3.8) is 0 Å². The lowest BCUT2D eigenvalue weighted by Gasteiger charge is -2.31. The number of hydrogen-bond acceptors (Lipinski definition) is 2. The van der Waals surface area contributed by atoms with E-state index in [4.69, 9.17) is 17.3 Å². The third-order valence-electron chi connectivity index (χ3n) is 4.89. The third kappa shape index (κ3) is 3.13. The molecule has 1 aromatic rings. The highest BCUT2D eigenvalue weighted by molar-refractivity contribution is 6.30. The summed E-state index contributed by atoms with van der Waals surface area (Å²) in [6, 6.07) is 8.47. The quantitative estimate of drug-likeness (QED) is 0.888. The molecule has 1 aliphatic heterocycles. The first-order valence-corrected chi connectivity index (χ1v) is 7.71. The summed E-state index contributed by atoms with van der Waals surface area (Å²) in [6.07, 6.45) is 3.82. The van der Waals surface area contributed by atoms with Crippen LogP contribution in [-0.2, 0) is 0 Å². The summed E-state index contributed by atoms with van der Waals surface area (Å²) >= 11 is 5.96. The number of hydrogen-bond donors (Lipinski definition) is 1. The van der Waals surface area contributed by atoms with E-state index in [2.05, 4.69) is 30.9 Å².